The van der Waals surface area contributed by atoms with Crippen molar-refractivity contribution < 1.29 is 33.0 Å². The van der Waals surface area contributed by atoms with Gasteiger partial charge in [0.05, 0.1) is 31.5 Å². The molecule has 0 heterocycles. The number of hydrogen-bond donors (Lipinski definition) is 1. The fraction of sp³-hybridized carbons (Fsp3) is 0.324. The maximum atomic E-state index is 14.0. The molecule has 1 unspecified atom stereocenters. The smallest absolute Gasteiger partial charge is 0.410 e. The van der Waals surface area contributed by atoms with Crippen molar-refractivity contribution in [3.05, 3.63) is 144 Å². The third-order valence-electron chi connectivity index (χ3n) is 8.02. The molecule has 4 aromatic rings. The Hall–Kier alpha value is -3.78. The Morgan fingerprint density at radius 2 is 1.20 bits per heavy atom. The molecule has 5 atom stereocenters. The highest BCUT2D eigenvalue weighted by Crippen LogP contribution is 2.44. The van der Waals surface area contributed by atoms with E-state index in [0.29, 0.717) is 32.4 Å². The summed E-state index contributed by atoms with van der Waals surface area (Å²) in [5, 5.41) is 0. The van der Waals surface area contributed by atoms with Gasteiger partial charge in [-0.05, 0) is 35.1 Å². The average molecular weight is 644 g/mol. The normalized spacial score (nSPS) is 20.8. The topological polar surface area (TPSA) is 94.5 Å². The van der Waals surface area contributed by atoms with Crippen LogP contribution in [0.15, 0.2) is 121 Å². The van der Waals surface area contributed by atoms with E-state index in [4.69, 9.17) is 18.7 Å². The van der Waals surface area contributed by atoms with Crippen molar-refractivity contribution in [3.8, 4) is 0 Å². The summed E-state index contributed by atoms with van der Waals surface area (Å²) >= 11 is 0. The molecule has 46 heavy (non-hydrogen) atoms. The van der Waals surface area contributed by atoms with Gasteiger partial charge in [0.2, 0.25) is 0 Å². The third-order valence-corrected chi connectivity index (χ3v) is 8.66. The molecular weight excluding hydrogens is 601 g/mol. The minimum Gasteiger partial charge on any atom is -0.445 e. The van der Waals surface area contributed by atoms with E-state index < -0.39 is 31.9 Å². The molecule has 5 rings (SSSR count). The summed E-state index contributed by atoms with van der Waals surface area (Å²) in [7, 11) is -4.00. The molecule has 9 heteroatoms. The Bertz CT molecular complexity index is 1520. The Labute approximate surface area is 271 Å². The predicted molar refractivity (Wildman–Crippen MR) is 177 cm³/mol. The van der Waals surface area contributed by atoms with Crippen LogP contribution in [0.5, 0.6) is 0 Å². The second kappa shape index (κ2) is 16.7. The van der Waals surface area contributed by atoms with Gasteiger partial charge in [-0.2, -0.15) is 0 Å². The van der Waals surface area contributed by atoms with Crippen molar-refractivity contribution in [2.45, 2.75) is 63.4 Å². The summed E-state index contributed by atoms with van der Waals surface area (Å²) < 4.78 is 37.5. The SMILES string of the molecule is CP(=O)(O)O[C@H]1[C@H](N(CCc2ccccc2)C(=O)OCc2ccccc2)C[C@H](OCc2ccccc2)C[C@H]1OCc1ccccc1. The lowest BCUT2D eigenvalue weighted by Gasteiger charge is -2.45. The van der Waals surface area contributed by atoms with Crippen LogP contribution >= 0.6 is 7.60 Å². The number of carbonyl (C=O) groups is 1. The van der Waals surface area contributed by atoms with Crippen molar-refractivity contribution in [2.24, 2.45) is 0 Å². The molecule has 1 N–H and O–H groups in total. The van der Waals surface area contributed by atoms with Crippen molar-refractivity contribution >= 4 is 13.7 Å². The molecule has 0 radical (unpaired) electrons. The lowest BCUT2D eigenvalue weighted by molar-refractivity contribution is -0.133. The van der Waals surface area contributed by atoms with Crippen LogP contribution in [0.4, 0.5) is 4.79 Å². The van der Waals surface area contributed by atoms with Gasteiger partial charge in [0.15, 0.2) is 0 Å². The van der Waals surface area contributed by atoms with Gasteiger partial charge in [-0.3, -0.25) is 4.57 Å². The van der Waals surface area contributed by atoms with Gasteiger partial charge in [0.25, 0.3) is 0 Å². The first kappa shape index (κ1) is 33.6. The second-order valence-electron chi connectivity index (χ2n) is 11.6. The van der Waals surface area contributed by atoms with Crippen LogP contribution in [-0.2, 0) is 49.5 Å². The van der Waals surface area contributed by atoms with E-state index >= 15 is 0 Å². The molecule has 0 aromatic heterocycles. The third kappa shape index (κ3) is 10.4. The van der Waals surface area contributed by atoms with E-state index in [0.717, 1.165) is 22.3 Å². The fourth-order valence-electron chi connectivity index (χ4n) is 5.76. The van der Waals surface area contributed by atoms with Gasteiger partial charge in [-0.1, -0.05) is 121 Å². The molecular formula is C37H42NO7P. The predicted octanol–water partition coefficient (Wildman–Crippen LogP) is 7.40. The van der Waals surface area contributed by atoms with E-state index in [9.17, 15) is 14.3 Å². The van der Waals surface area contributed by atoms with Crippen LogP contribution in [0.25, 0.3) is 0 Å². The molecule has 1 saturated carbocycles. The Morgan fingerprint density at radius 1 is 0.717 bits per heavy atom. The summed E-state index contributed by atoms with van der Waals surface area (Å²) in [4.78, 5) is 26.1. The highest BCUT2D eigenvalue weighted by molar-refractivity contribution is 7.51. The maximum Gasteiger partial charge on any atom is 0.410 e. The first-order valence-electron chi connectivity index (χ1n) is 15.6. The second-order valence-corrected chi connectivity index (χ2v) is 13.5. The monoisotopic (exact) mass is 643 g/mol. The van der Waals surface area contributed by atoms with E-state index in [2.05, 4.69) is 0 Å². The van der Waals surface area contributed by atoms with Crippen LogP contribution in [0, 0.1) is 0 Å². The van der Waals surface area contributed by atoms with Gasteiger partial charge in [0, 0.05) is 19.6 Å². The van der Waals surface area contributed by atoms with Crippen LogP contribution in [0.3, 0.4) is 0 Å². The highest BCUT2D eigenvalue weighted by Gasteiger charge is 2.46. The zero-order valence-corrected chi connectivity index (χ0v) is 27.0. The first-order valence-corrected chi connectivity index (χ1v) is 17.7. The van der Waals surface area contributed by atoms with Gasteiger partial charge in [-0.25, -0.2) is 4.79 Å². The van der Waals surface area contributed by atoms with Crippen molar-refractivity contribution in [3.63, 3.8) is 0 Å². The van der Waals surface area contributed by atoms with Crippen molar-refractivity contribution in [1.82, 2.24) is 4.90 Å². The summed E-state index contributed by atoms with van der Waals surface area (Å²) in [5.41, 5.74) is 3.89. The molecule has 0 spiro atoms. The number of benzene rings is 4. The molecule has 0 bridgehead atoms. The standard InChI is InChI=1S/C37H42NO7P/c1-46(40,41)45-36-34(38(23-22-29-14-6-2-7-15-29)37(39)44-28-32-20-12-5-13-21-32)24-33(42-26-30-16-8-3-9-17-30)25-35(36)43-27-31-18-10-4-11-19-31/h2-21,33-36H,22-28H2,1H3,(H,40,41)/t33-,34+,35+,36-/m0/s1. The Balaban J connectivity index is 1.44. The summed E-state index contributed by atoms with van der Waals surface area (Å²) in [6, 6.07) is 38.3. The molecule has 1 aliphatic rings. The zero-order valence-electron chi connectivity index (χ0n) is 26.1. The first-order chi connectivity index (χ1) is 22.3. The van der Waals surface area contributed by atoms with Crippen LogP contribution in [0.2, 0.25) is 0 Å². The molecule has 4 aromatic carbocycles. The molecule has 1 fully saturated rings. The van der Waals surface area contributed by atoms with E-state index in [1.165, 1.54) is 6.66 Å². The van der Waals surface area contributed by atoms with E-state index in [1.54, 1.807) is 4.90 Å². The largest absolute Gasteiger partial charge is 0.445 e. The lowest BCUT2D eigenvalue weighted by Crippen LogP contribution is -2.58. The quantitative estimate of drug-likeness (QED) is 0.143. The summed E-state index contributed by atoms with van der Waals surface area (Å²) in [6.07, 6.45) is -1.04. The molecule has 0 aliphatic heterocycles. The Morgan fingerprint density at radius 3 is 1.72 bits per heavy atom. The molecule has 0 saturated heterocycles. The van der Waals surface area contributed by atoms with Gasteiger partial charge in [-0.15, -0.1) is 0 Å². The minimum atomic E-state index is -4.00. The summed E-state index contributed by atoms with van der Waals surface area (Å²) in [5.74, 6) is 0. The number of carbonyl (C=O) groups excluding carboxylic acids is 1. The van der Waals surface area contributed by atoms with E-state index in [1.807, 2.05) is 121 Å². The fourth-order valence-corrected chi connectivity index (χ4v) is 6.49. The number of hydrogen-bond acceptors (Lipinski definition) is 6. The van der Waals surface area contributed by atoms with Gasteiger partial charge in [0.1, 0.15) is 12.7 Å². The lowest BCUT2D eigenvalue weighted by atomic mass is 9.86. The minimum absolute atomic E-state index is 0.0912. The summed E-state index contributed by atoms with van der Waals surface area (Å²) in [6.45, 7) is 2.21. The van der Waals surface area contributed by atoms with Gasteiger partial charge >= 0.3 is 13.7 Å². The molecule has 1 aliphatic carbocycles. The van der Waals surface area contributed by atoms with Crippen LogP contribution in [-0.4, -0.2) is 53.4 Å². The van der Waals surface area contributed by atoms with Crippen molar-refractivity contribution in [1.29, 1.82) is 0 Å². The zero-order chi connectivity index (χ0) is 32.2. The maximum absolute atomic E-state index is 14.0. The van der Waals surface area contributed by atoms with Crippen molar-refractivity contribution in [2.75, 3.05) is 13.2 Å². The Kier molecular flexibility index (Phi) is 12.2. The number of amides is 1. The van der Waals surface area contributed by atoms with E-state index in [-0.39, 0.29) is 19.3 Å². The molecule has 1 amide bonds. The number of rotatable bonds is 14. The molecule has 242 valence electrons. The van der Waals surface area contributed by atoms with Gasteiger partial charge < -0.3 is 28.5 Å². The number of ether oxygens (including phenoxy) is 3. The highest BCUT2D eigenvalue weighted by atomic mass is 31.2. The van der Waals surface area contributed by atoms with Crippen LogP contribution < -0.4 is 0 Å². The number of nitrogens with zero attached hydrogens (tertiary/aromatic N) is 1. The molecule has 8 nitrogen and oxygen atoms in total. The average Bonchev–Trinajstić information content (AvgIpc) is 3.08. The van der Waals surface area contributed by atoms with Crippen LogP contribution in [0.1, 0.15) is 35.1 Å².